The van der Waals surface area contributed by atoms with Crippen LogP contribution in [0.15, 0.2) is 65.2 Å². The van der Waals surface area contributed by atoms with Crippen LogP contribution in [0.4, 0.5) is 8.78 Å². The van der Waals surface area contributed by atoms with E-state index in [0.717, 1.165) is 23.0 Å². The van der Waals surface area contributed by atoms with E-state index >= 15 is 0 Å². The van der Waals surface area contributed by atoms with Crippen molar-refractivity contribution in [2.24, 2.45) is 5.92 Å². The van der Waals surface area contributed by atoms with Crippen molar-refractivity contribution in [3.05, 3.63) is 106 Å². The van der Waals surface area contributed by atoms with Crippen LogP contribution < -0.4 is 0 Å². The SMILES string of the molecule is Cc1cc(CC(Cc2ncc(-c3ccccc3)nc2Cc2cc(F)cc(F)c2)C(=O)O)oc1C. The summed E-state index contributed by atoms with van der Waals surface area (Å²) in [7, 11) is 0. The van der Waals surface area contributed by atoms with Crippen molar-refractivity contribution in [1.82, 2.24) is 9.97 Å². The number of carboxylic acids is 1. The van der Waals surface area contributed by atoms with Crippen LogP contribution in [-0.4, -0.2) is 21.0 Å². The Labute approximate surface area is 196 Å². The number of benzene rings is 2. The Kier molecular flexibility index (Phi) is 6.82. The lowest BCUT2D eigenvalue weighted by Crippen LogP contribution is -2.21. The van der Waals surface area contributed by atoms with Crippen LogP contribution in [0.25, 0.3) is 11.3 Å². The Balaban J connectivity index is 1.69. The van der Waals surface area contributed by atoms with E-state index in [1.165, 1.54) is 12.1 Å². The molecule has 0 saturated carbocycles. The van der Waals surface area contributed by atoms with E-state index in [1.807, 2.05) is 50.2 Å². The monoisotopic (exact) mass is 462 g/mol. The van der Waals surface area contributed by atoms with E-state index in [4.69, 9.17) is 9.40 Å². The van der Waals surface area contributed by atoms with Gasteiger partial charge in [0.15, 0.2) is 0 Å². The lowest BCUT2D eigenvalue weighted by atomic mass is 9.95. The average Bonchev–Trinajstić information content (AvgIpc) is 3.11. The minimum atomic E-state index is -0.983. The van der Waals surface area contributed by atoms with Gasteiger partial charge in [-0.15, -0.1) is 0 Å². The number of hydrogen-bond acceptors (Lipinski definition) is 4. The quantitative estimate of drug-likeness (QED) is 0.363. The highest BCUT2D eigenvalue weighted by Gasteiger charge is 2.24. The summed E-state index contributed by atoms with van der Waals surface area (Å²) in [6.07, 6.45) is 2.01. The molecule has 1 atom stereocenters. The maximum absolute atomic E-state index is 13.8. The number of aliphatic carboxylic acids is 1. The van der Waals surface area contributed by atoms with Gasteiger partial charge in [0, 0.05) is 30.9 Å². The van der Waals surface area contributed by atoms with Gasteiger partial charge in [0.05, 0.1) is 29.2 Å². The Morgan fingerprint density at radius 1 is 1.00 bits per heavy atom. The number of nitrogens with zero attached hydrogens (tertiary/aromatic N) is 2. The van der Waals surface area contributed by atoms with Gasteiger partial charge < -0.3 is 9.52 Å². The Morgan fingerprint density at radius 2 is 1.71 bits per heavy atom. The van der Waals surface area contributed by atoms with Gasteiger partial charge in [-0.3, -0.25) is 9.78 Å². The predicted octanol–water partition coefficient (Wildman–Crippen LogP) is 5.71. The van der Waals surface area contributed by atoms with E-state index < -0.39 is 23.5 Å². The molecule has 1 unspecified atom stereocenters. The van der Waals surface area contributed by atoms with Crippen molar-refractivity contribution in [3.63, 3.8) is 0 Å². The maximum Gasteiger partial charge on any atom is 0.307 e. The van der Waals surface area contributed by atoms with Crippen LogP contribution in [0.2, 0.25) is 0 Å². The normalized spacial score (nSPS) is 12.0. The number of aryl methyl sites for hydroxylation is 2. The minimum Gasteiger partial charge on any atom is -0.481 e. The molecule has 0 aliphatic heterocycles. The van der Waals surface area contributed by atoms with Crippen molar-refractivity contribution in [3.8, 4) is 11.3 Å². The van der Waals surface area contributed by atoms with Crippen LogP contribution in [0.5, 0.6) is 0 Å². The summed E-state index contributed by atoms with van der Waals surface area (Å²) < 4.78 is 33.3. The van der Waals surface area contributed by atoms with Crippen LogP contribution >= 0.6 is 0 Å². The molecule has 2 aromatic heterocycles. The predicted molar refractivity (Wildman–Crippen MR) is 123 cm³/mol. The van der Waals surface area contributed by atoms with E-state index in [-0.39, 0.29) is 19.3 Å². The Morgan fingerprint density at radius 3 is 2.32 bits per heavy atom. The third kappa shape index (κ3) is 5.54. The number of carboxylic acid groups (broad SMARTS) is 1. The third-order valence-corrected chi connectivity index (χ3v) is 5.75. The molecule has 174 valence electrons. The largest absolute Gasteiger partial charge is 0.481 e. The molecule has 0 spiro atoms. The number of hydrogen-bond donors (Lipinski definition) is 1. The lowest BCUT2D eigenvalue weighted by molar-refractivity contribution is -0.141. The number of carbonyl (C=O) groups is 1. The zero-order chi connectivity index (χ0) is 24.2. The smallest absolute Gasteiger partial charge is 0.307 e. The lowest BCUT2D eigenvalue weighted by Gasteiger charge is -2.15. The summed E-state index contributed by atoms with van der Waals surface area (Å²) in [4.78, 5) is 21.3. The first-order valence-electron chi connectivity index (χ1n) is 10.9. The van der Waals surface area contributed by atoms with E-state index in [9.17, 15) is 18.7 Å². The first-order valence-corrected chi connectivity index (χ1v) is 10.9. The molecular weight excluding hydrogens is 438 g/mol. The van der Waals surface area contributed by atoms with Crippen molar-refractivity contribution in [2.45, 2.75) is 33.1 Å². The molecule has 0 aliphatic carbocycles. The fraction of sp³-hybridized carbons (Fsp3) is 0.222. The van der Waals surface area contributed by atoms with Gasteiger partial charge in [-0.25, -0.2) is 13.8 Å². The fourth-order valence-corrected chi connectivity index (χ4v) is 3.89. The number of aromatic nitrogens is 2. The molecule has 7 heteroatoms. The molecule has 1 N–H and O–H groups in total. The number of furan rings is 1. The van der Waals surface area contributed by atoms with E-state index in [2.05, 4.69) is 4.98 Å². The highest BCUT2D eigenvalue weighted by Crippen LogP contribution is 2.24. The molecule has 4 rings (SSSR count). The second-order valence-corrected chi connectivity index (χ2v) is 8.36. The highest BCUT2D eigenvalue weighted by atomic mass is 19.1. The summed E-state index contributed by atoms with van der Waals surface area (Å²) in [6.45, 7) is 3.74. The van der Waals surface area contributed by atoms with Crippen LogP contribution in [-0.2, 0) is 24.1 Å². The van der Waals surface area contributed by atoms with Crippen LogP contribution in [0.1, 0.15) is 34.0 Å². The van der Waals surface area contributed by atoms with Gasteiger partial charge in [-0.1, -0.05) is 30.3 Å². The summed E-state index contributed by atoms with van der Waals surface area (Å²) in [5, 5.41) is 9.87. The second kappa shape index (κ2) is 9.95. The summed E-state index contributed by atoms with van der Waals surface area (Å²) in [5.74, 6) is -1.82. The molecule has 5 nitrogen and oxygen atoms in total. The molecule has 0 amide bonds. The summed E-state index contributed by atoms with van der Waals surface area (Å²) >= 11 is 0. The van der Waals surface area contributed by atoms with Gasteiger partial charge in [-0.05, 0) is 43.2 Å². The molecule has 0 radical (unpaired) electrons. The van der Waals surface area contributed by atoms with Crippen molar-refractivity contribution < 1.29 is 23.1 Å². The minimum absolute atomic E-state index is 0.101. The molecule has 2 heterocycles. The first kappa shape index (κ1) is 23.3. The fourth-order valence-electron chi connectivity index (χ4n) is 3.89. The molecule has 0 bridgehead atoms. The van der Waals surface area contributed by atoms with Gasteiger partial charge in [0.2, 0.25) is 0 Å². The van der Waals surface area contributed by atoms with Crippen LogP contribution in [0, 0.1) is 31.4 Å². The Hall–Kier alpha value is -3.87. The molecule has 0 saturated heterocycles. The van der Waals surface area contributed by atoms with E-state index in [0.29, 0.717) is 28.4 Å². The molecule has 4 aromatic rings. The maximum atomic E-state index is 13.8. The zero-order valence-corrected chi connectivity index (χ0v) is 18.9. The zero-order valence-electron chi connectivity index (χ0n) is 18.9. The number of rotatable bonds is 8. The van der Waals surface area contributed by atoms with Gasteiger partial charge in [0.25, 0.3) is 0 Å². The second-order valence-electron chi connectivity index (χ2n) is 8.36. The molecule has 34 heavy (non-hydrogen) atoms. The summed E-state index contributed by atoms with van der Waals surface area (Å²) in [5.41, 5.74) is 3.73. The van der Waals surface area contributed by atoms with Crippen molar-refractivity contribution in [1.29, 1.82) is 0 Å². The Bertz CT molecular complexity index is 1280. The van der Waals surface area contributed by atoms with Crippen molar-refractivity contribution >= 4 is 5.97 Å². The summed E-state index contributed by atoms with van der Waals surface area (Å²) in [6, 6.07) is 14.5. The molecule has 2 aromatic carbocycles. The standard InChI is InChI=1S/C27H24F2N2O3/c1-16-8-23(34-17(16)2)12-20(27(32)33)13-24-25(11-18-9-21(28)14-22(29)10-18)31-26(15-30-24)19-6-4-3-5-7-19/h3-10,14-15,20H,11-13H2,1-2H3,(H,32,33). The molecular formula is C27H24F2N2O3. The first-order chi connectivity index (χ1) is 16.3. The van der Waals surface area contributed by atoms with E-state index in [1.54, 1.807) is 6.20 Å². The molecule has 0 fully saturated rings. The number of halogens is 2. The van der Waals surface area contributed by atoms with Crippen LogP contribution in [0.3, 0.4) is 0 Å². The van der Waals surface area contributed by atoms with Gasteiger partial charge in [-0.2, -0.15) is 0 Å². The van der Waals surface area contributed by atoms with Gasteiger partial charge in [0.1, 0.15) is 23.2 Å². The van der Waals surface area contributed by atoms with Gasteiger partial charge >= 0.3 is 5.97 Å². The topological polar surface area (TPSA) is 76.2 Å². The average molecular weight is 462 g/mol. The van der Waals surface area contributed by atoms with Crippen molar-refractivity contribution in [2.75, 3.05) is 0 Å². The third-order valence-electron chi connectivity index (χ3n) is 5.75. The molecule has 0 aliphatic rings. The highest BCUT2D eigenvalue weighted by molar-refractivity contribution is 5.70.